The molecule has 3 aromatic rings. The molecule has 0 aliphatic rings. The molecule has 0 unspecified atom stereocenters. The molecule has 0 aliphatic heterocycles. The van der Waals surface area contributed by atoms with Crippen molar-refractivity contribution in [1.82, 2.24) is 9.55 Å². The molecule has 1 aromatic heterocycles. The van der Waals surface area contributed by atoms with Crippen molar-refractivity contribution in [3.8, 4) is 11.4 Å². The number of aliphatic hydroxyl groups is 1. The monoisotopic (exact) mass is 358 g/mol. The molecule has 5 heteroatoms. The second kappa shape index (κ2) is 8.00. The van der Waals surface area contributed by atoms with Crippen LogP contribution in [0.1, 0.15) is 13.8 Å². The fraction of sp³-hybridized carbons (Fsp3) is 0.350. The van der Waals surface area contributed by atoms with E-state index in [-0.39, 0.29) is 0 Å². The van der Waals surface area contributed by atoms with E-state index in [1.165, 1.54) is 4.90 Å². The highest BCUT2D eigenvalue weighted by Gasteiger charge is 2.19. The topological polar surface area (TPSA) is 42.5 Å². The molecule has 0 saturated carbocycles. The van der Waals surface area contributed by atoms with E-state index in [9.17, 15) is 5.11 Å². The SMILES string of the molecule is CC[NH+](CC)C[C@@H](O)Cn1c(-c2ccccc2Cl)nc2ccccc21. The van der Waals surface area contributed by atoms with E-state index in [0.29, 0.717) is 11.6 Å². The second-order valence-electron chi connectivity index (χ2n) is 6.33. The third kappa shape index (κ3) is 3.87. The Balaban J connectivity index is 2.01. The highest BCUT2D eigenvalue weighted by Crippen LogP contribution is 2.30. The van der Waals surface area contributed by atoms with E-state index in [1.54, 1.807) is 0 Å². The molecule has 0 bridgehead atoms. The normalized spacial score (nSPS) is 12.8. The Morgan fingerprint density at radius 1 is 1.08 bits per heavy atom. The molecular formula is C20H25ClN3O+. The first kappa shape index (κ1) is 17.9. The fourth-order valence-electron chi connectivity index (χ4n) is 3.26. The maximum absolute atomic E-state index is 10.7. The standard InChI is InChI=1S/C20H24ClN3O/c1-3-23(4-2)13-15(25)14-24-19-12-8-7-11-18(19)22-20(24)16-9-5-6-10-17(16)21/h5-12,15,25H,3-4,13-14H2,1-2H3/p+1/t15-/m1/s1. The zero-order chi connectivity index (χ0) is 17.8. The number of likely N-dealkylation sites (N-methyl/N-ethyl adjacent to an activating group) is 1. The van der Waals surface area contributed by atoms with Crippen LogP contribution in [0.5, 0.6) is 0 Å². The molecular weight excluding hydrogens is 334 g/mol. The summed E-state index contributed by atoms with van der Waals surface area (Å²) in [7, 11) is 0. The van der Waals surface area contributed by atoms with Crippen LogP contribution in [0.3, 0.4) is 0 Å². The number of fused-ring (bicyclic) bond motifs is 1. The lowest BCUT2D eigenvalue weighted by atomic mass is 10.2. The van der Waals surface area contributed by atoms with Crippen molar-refractivity contribution in [3.63, 3.8) is 0 Å². The van der Waals surface area contributed by atoms with Crippen LogP contribution in [-0.4, -0.2) is 40.4 Å². The number of nitrogens with one attached hydrogen (secondary N) is 1. The van der Waals surface area contributed by atoms with Crippen LogP contribution in [0, 0.1) is 0 Å². The van der Waals surface area contributed by atoms with Gasteiger partial charge in [-0.2, -0.15) is 0 Å². The molecule has 3 rings (SSSR count). The number of hydrogen-bond acceptors (Lipinski definition) is 2. The number of benzene rings is 2. The summed E-state index contributed by atoms with van der Waals surface area (Å²) < 4.78 is 2.09. The zero-order valence-corrected chi connectivity index (χ0v) is 15.5. The van der Waals surface area contributed by atoms with Crippen LogP contribution in [0.25, 0.3) is 22.4 Å². The van der Waals surface area contributed by atoms with E-state index >= 15 is 0 Å². The van der Waals surface area contributed by atoms with Crippen LogP contribution in [0.2, 0.25) is 5.02 Å². The van der Waals surface area contributed by atoms with Crippen LogP contribution >= 0.6 is 11.6 Å². The van der Waals surface area contributed by atoms with E-state index < -0.39 is 6.10 Å². The second-order valence-corrected chi connectivity index (χ2v) is 6.74. The molecule has 0 fully saturated rings. The van der Waals surface area contributed by atoms with Gasteiger partial charge in [-0.3, -0.25) is 0 Å². The number of nitrogens with zero attached hydrogens (tertiary/aromatic N) is 2. The average Bonchev–Trinajstić information content (AvgIpc) is 2.98. The number of para-hydroxylation sites is 2. The number of aromatic nitrogens is 2. The van der Waals surface area contributed by atoms with Gasteiger partial charge in [-0.05, 0) is 38.1 Å². The summed E-state index contributed by atoms with van der Waals surface area (Å²) in [6.45, 7) is 7.54. The van der Waals surface area contributed by atoms with Gasteiger partial charge in [0.2, 0.25) is 0 Å². The molecule has 0 aliphatic carbocycles. The van der Waals surface area contributed by atoms with Crippen molar-refractivity contribution >= 4 is 22.6 Å². The molecule has 2 N–H and O–H groups in total. The van der Waals surface area contributed by atoms with Crippen LogP contribution in [-0.2, 0) is 6.54 Å². The number of hydrogen-bond donors (Lipinski definition) is 2. The summed E-state index contributed by atoms with van der Waals surface area (Å²) in [6, 6.07) is 15.7. The van der Waals surface area contributed by atoms with Crippen LogP contribution in [0.4, 0.5) is 0 Å². The third-order valence-electron chi connectivity index (χ3n) is 4.69. The minimum atomic E-state index is -0.436. The number of rotatable bonds is 7. The lowest BCUT2D eigenvalue weighted by Gasteiger charge is -2.20. The molecule has 1 atom stereocenters. The van der Waals surface area contributed by atoms with Gasteiger partial charge < -0.3 is 14.6 Å². The largest absolute Gasteiger partial charge is 0.385 e. The third-order valence-corrected chi connectivity index (χ3v) is 5.02. The van der Waals surface area contributed by atoms with Gasteiger partial charge in [0.05, 0.1) is 35.7 Å². The lowest BCUT2D eigenvalue weighted by molar-refractivity contribution is -0.899. The van der Waals surface area contributed by atoms with E-state index in [2.05, 4.69) is 18.4 Å². The molecule has 1 heterocycles. The number of aliphatic hydroxyl groups excluding tert-OH is 1. The van der Waals surface area contributed by atoms with Crippen LogP contribution in [0.15, 0.2) is 48.5 Å². The van der Waals surface area contributed by atoms with Gasteiger partial charge in [-0.25, -0.2) is 4.98 Å². The maximum atomic E-state index is 10.7. The van der Waals surface area contributed by atoms with Gasteiger partial charge in [0.1, 0.15) is 18.5 Å². The summed E-state index contributed by atoms with van der Waals surface area (Å²) in [5.74, 6) is 0.806. The quantitative estimate of drug-likeness (QED) is 0.682. The molecule has 2 aromatic carbocycles. The highest BCUT2D eigenvalue weighted by atomic mass is 35.5. The number of halogens is 1. The van der Waals surface area contributed by atoms with Gasteiger partial charge in [-0.15, -0.1) is 0 Å². The molecule has 25 heavy (non-hydrogen) atoms. The summed E-state index contributed by atoms with van der Waals surface area (Å²) in [4.78, 5) is 6.16. The van der Waals surface area contributed by atoms with E-state index in [4.69, 9.17) is 16.6 Å². The van der Waals surface area contributed by atoms with Crippen molar-refractivity contribution in [2.45, 2.75) is 26.5 Å². The van der Waals surface area contributed by atoms with Crippen molar-refractivity contribution < 1.29 is 10.0 Å². The lowest BCUT2D eigenvalue weighted by Crippen LogP contribution is -3.12. The fourth-order valence-corrected chi connectivity index (χ4v) is 3.48. The Labute approximate surface area is 153 Å². The molecule has 4 nitrogen and oxygen atoms in total. The minimum Gasteiger partial charge on any atom is -0.385 e. The van der Waals surface area contributed by atoms with Gasteiger partial charge in [0.25, 0.3) is 0 Å². The Hall–Kier alpha value is -1.88. The first-order valence-electron chi connectivity index (χ1n) is 8.85. The Morgan fingerprint density at radius 3 is 2.48 bits per heavy atom. The van der Waals surface area contributed by atoms with Crippen molar-refractivity contribution in [3.05, 3.63) is 53.6 Å². The molecule has 0 spiro atoms. The predicted molar refractivity (Wildman–Crippen MR) is 103 cm³/mol. The maximum Gasteiger partial charge on any atom is 0.142 e. The molecule has 0 saturated heterocycles. The molecule has 0 radical (unpaired) electrons. The Kier molecular flexibility index (Phi) is 5.74. The summed E-state index contributed by atoms with van der Waals surface area (Å²) in [5.41, 5.74) is 2.83. The average molecular weight is 359 g/mol. The smallest absolute Gasteiger partial charge is 0.142 e. The van der Waals surface area contributed by atoms with Crippen molar-refractivity contribution in [2.75, 3.05) is 19.6 Å². The van der Waals surface area contributed by atoms with Gasteiger partial charge in [-0.1, -0.05) is 35.9 Å². The summed E-state index contributed by atoms with van der Waals surface area (Å²) in [5, 5.41) is 11.3. The van der Waals surface area contributed by atoms with Gasteiger partial charge in [0.15, 0.2) is 0 Å². The Morgan fingerprint density at radius 2 is 1.76 bits per heavy atom. The minimum absolute atomic E-state index is 0.436. The van der Waals surface area contributed by atoms with E-state index in [1.807, 2.05) is 48.5 Å². The van der Waals surface area contributed by atoms with Gasteiger partial charge in [0, 0.05) is 5.56 Å². The number of imidazole rings is 1. The summed E-state index contributed by atoms with van der Waals surface area (Å²) >= 11 is 6.40. The summed E-state index contributed by atoms with van der Waals surface area (Å²) in [6.07, 6.45) is -0.436. The molecule has 0 amide bonds. The van der Waals surface area contributed by atoms with Crippen molar-refractivity contribution in [2.24, 2.45) is 0 Å². The predicted octanol–water partition coefficient (Wildman–Crippen LogP) is 2.64. The highest BCUT2D eigenvalue weighted by molar-refractivity contribution is 6.33. The molecule has 132 valence electrons. The van der Waals surface area contributed by atoms with E-state index in [0.717, 1.165) is 42.1 Å². The van der Waals surface area contributed by atoms with Crippen LogP contribution < -0.4 is 4.90 Å². The van der Waals surface area contributed by atoms with Gasteiger partial charge >= 0.3 is 0 Å². The first-order valence-corrected chi connectivity index (χ1v) is 9.23. The zero-order valence-electron chi connectivity index (χ0n) is 14.7. The Bertz CT molecular complexity index is 842. The van der Waals surface area contributed by atoms with Crippen molar-refractivity contribution in [1.29, 1.82) is 0 Å². The first-order chi connectivity index (χ1) is 12.1. The number of quaternary nitrogens is 1.